The molecule has 0 aromatic carbocycles. The zero-order valence-corrected chi connectivity index (χ0v) is 12.8. The Morgan fingerprint density at radius 3 is 2.06 bits per heavy atom. The number of hydrogen-bond acceptors (Lipinski definition) is 4. The molecule has 18 heavy (non-hydrogen) atoms. The average Bonchev–Trinajstić information content (AvgIpc) is 2.09. The van der Waals surface area contributed by atoms with Crippen molar-refractivity contribution < 1.29 is 17.9 Å². The van der Waals surface area contributed by atoms with Gasteiger partial charge >= 0.3 is 5.97 Å². The van der Waals surface area contributed by atoms with Crippen LogP contribution in [0.25, 0.3) is 0 Å². The number of carbonyl (C=O) groups is 1. The van der Waals surface area contributed by atoms with E-state index in [9.17, 15) is 13.2 Å². The van der Waals surface area contributed by atoms with Crippen LogP contribution in [0.15, 0.2) is 12.2 Å². The second-order valence-electron chi connectivity index (χ2n) is 5.74. The zero-order chi connectivity index (χ0) is 14.8. The van der Waals surface area contributed by atoms with Crippen LogP contribution in [0.1, 0.15) is 34.6 Å². The summed E-state index contributed by atoms with van der Waals surface area (Å²) < 4.78 is 30.3. The molecule has 0 unspecified atom stereocenters. The van der Waals surface area contributed by atoms with Gasteiger partial charge in [0.15, 0.2) is 0 Å². The Bertz CT molecular complexity index is 435. The van der Waals surface area contributed by atoms with Crippen LogP contribution < -0.4 is 4.72 Å². The molecule has 0 fully saturated rings. The first-order valence-electron chi connectivity index (χ1n) is 5.60. The van der Waals surface area contributed by atoms with Crippen molar-refractivity contribution in [3.63, 3.8) is 0 Å². The molecule has 0 aliphatic heterocycles. The van der Waals surface area contributed by atoms with Crippen molar-refractivity contribution in [3.05, 3.63) is 12.2 Å². The Kier molecular flexibility index (Phi) is 5.14. The molecular formula is C12H23NO4S. The van der Waals surface area contributed by atoms with Gasteiger partial charge in [-0.2, -0.15) is 0 Å². The lowest BCUT2D eigenvalue weighted by Gasteiger charge is -2.41. The molecular weight excluding hydrogens is 254 g/mol. The molecule has 0 saturated carbocycles. The highest BCUT2D eigenvalue weighted by atomic mass is 32.2. The highest BCUT2D eigenvalue weighted by molar-refractivity contribution is 7.88. The number of nitrogens with one attached hydrogen (secondary N) is 1. The third-order valence-corrected chi connectivity index (χ3v) is 3.93. The second kappa shape index (κ2) is 5.40. The molecule has 0 aromatic heterocycles. The fraction of sp³-hybridized carbons (Fsp3) is 0.750. The lowest BCUT2D eigenvalue weighted by atomic mass is 9.76. The minimum atomic E-state index is -3.33. The largest absolute Gasteiger partial charge is 0.462 e. The topological polar surface area (TPSA) is 72.5 Å². The predicted molar refractivity (Wildman–Crippen MR) is 71.6 cm³/mol. The molecule has 0 saturated heterocycles. The Morgan fingerprint density at radius 2 is 1.72 bits per heavy atom. The highest BCUT2D eigenvalue weighted by Gasteiger charge is 2.40. The summed E-state index contributed by atoms with van der Waals surface area (Å²) in [6, 6.07) is 0. The van der Waals surface area contributed by atoms with Crippen LogP contribution >= 0.6 is 0 Å². The summed E-state index contributed by atoms with van der Waals surface area (Å²) in [7, 11) is -3.33. The predicted octanol–water partition coefficient (Wildman–Crippen LogP) is 1.46. The average molecular weight is 277 g/mol. The number of ether oxygens (including phenoxy) is 1. The number of hydrogen-bond donors (Lipinski definition) is 1. The molecule has 0 aliphatic rings. The van der Waals surface area contributed by atoms with E-state index in [0.29, 0.717) is 5.57 Å². The standard InChI is InChI=1S/C12H23NO4S/c1-9(2)10(14)17-8-11(3,4)12(5,6)13-18(7,15)16/h13H,1,8H2,2-7H3. The molecule has 0 bridgehead atoms. The molecule has 6 heteroatoms. The minimum Gasteiger partial charge on any atom is -0.462 e. The summed E-state index contributed by atoms with van der Waals surface area (Å²) in [6.07, 6.45) is 1.10. The van der Waals surface area contributed by atoms with Gasteiger partial charge in [0.1, 0.15) is 0 Å². The van der Waals surface area contributed by atoms with E-state index in [2.05, 4.69) is 11.3 Å². The first kappa shape index (κ1) is 17.1. The Hall–Kier alpha value is -0.880. The zero-order valence-electron chi connectivity index (χ0n) is 12.0. The molecule has 0 radical (unpaired) electrons. The first-order valence-corrected chi connectivity index (χ1v) is 7.49. The second-order valence-corrected chi connectivity index (χ2v) is 7.49. The molecule has 0 aromatic rings. The van der Waals surface area contributed by atoms with Crippen molar-refractivity contribution in [2.45, 2.75) is 40.2 Å². The van der Waals surface area contributed by atoms with E-state index in [1.165, 1.54) is 0 Å². The molecule has 5 nitrogen and oxygen atoms in total. The van der Waals surface area contributed by atoms with Gasteiger partial charge in [0.05, 0.1) is 12.9 Å². The van der Waals surface area contributed by atoms with Gasteiger partial charge < -0.3 is 4.74 Å². The summed E-state index contributed by atoms with van der Waals surface area (Å²) in [5.74, 6) is -0.474. The van der Waals surface area contributed by atoms with Crippen molar-refractivity contribution in [2.75, 3.05) is 12.9 Å². The van der Waals surface area contributed by atoms with Crippen LogP contribution in [-0.2, 0) is 19.6 Å². The van der Waals surface area contributed by atoms with Crippen LogP contribution in [0.4, 0.5) is 0 Å². The van der Waals surface area contributed by atoms with E-state index in [0.717, 1.165) is 6.26 Å². The number of esters is 1. The van der Waals surface area contributed by atoms with Crippen LogP contribution in [0.2, 0.25) is 0 Å². The maximum Gasteiger partial charge on any atom is 0.333 e. The number of rotatable bonds is 6. The monoisotopic (exact) mass is 277 g/mol. The summed E-state index contributed by atoms with van der Waals surface area (Å²) in [5, 5.41) is 0. The van der Waals surface area contributed by atoms with E-state index in [4.69, 9.17) is 4.74 Å². The molecule has 106 valence electrons. The van der Waals surface area contributed by atoms with E-state index >= 15 is 0 Å². The molecule has 0 amide bonds. The van der Waals surface area contributed by atoms with Gasteiger partial charge in [-0.25, -0.2) is 17.9 Å². The molecule has 0 rings (SSSR count). The van der Waals surface area contributed by atoms with E-state index < -0.39 is 26.9 Å². The van der Waals surface area contributed by atoms with Crippen molar-refractivity contribution in [3.8, 4) is 0 Å². The van der Waals surface area contributed by atoms with Gasteiger partial charge in [-0.15, -0.1) is 0 Å². The lowest BCUT2D eigenvalue weighted by Crippen LogP contribution is -2.55. The van der Waals surface area contributed by atoms with E-state index in [1.807, 2.05) is 13.8 Å². The highest BCUT2D eigenvalue weighted by Crippen LogP contribution is 2.31. The van der Waals surface area contributed by atoms with Gasteiger partial charge in [0.25, 0.3) is 0 Å². The van der Waals surface area contributed by atoms with Crippen LogP contribution in [-0.4, -0.2) is 32.8 Å². The third-order valence-electron chi connectivity index (χ3n) is 3.05. The van der Waals surface area contributed by atoms with Crippen molar-refractivity contribution in [1.29, 1.82) is 0 Å². The summed E-state index contributed by atoms with van der Waals surface area (Å²) in [6.45, 7) is 12.3. The van der Waals surface area contributed by atoms with Crippen LogP contribution in [0, 0.1) is 5.41 Å². The van der Waals surface area contributed by atoms with Crippen molar-refractivity contribution in [2.24, 2.45) is 5.41 Å². The summed E-state index contributed by atoms with van der Waals surface area (Å²) in [4.78, 5) is 11.3. The number of sulfonamides is 1. The van der Waals surface area contributed by atoms with E-state index in [-0.39, 0.29) is 6.61 Å². The smallest absolute Gasteiger partial charge is 0.333 e. The minimum absolute atomic E-state index is 0.105. The van der Waals surface area contributed by atoms with Crippen molar-refractivity contribution >= 4 is 16.0 Å². The molecule has 0 spiro atoms. The van der Waals surface area contributed by atoms with Gasteiger partial charge in [0.2, 0.25) is 10.0 Å². The third kappa shape index (κ3) is 5.18. The van der Waals surface area contributed by atoms with Gasteiger partial charge in [-0.05, 0) is 20.8 Å². The maximum atomic E-state index is 11.3. The normalized spacial score (nSPS) is 13.2. The summed E-state index contributed by atoms with van der Waals surface area (Å²) in [5.41, 5.74) is -0.975. The van der Waals surface area contributed by atoms with Gasteiger partial charge in [0, 0.05) is 16.5 Å². The fourth-order valence-corrected chi connectivity index (χ4v) is 2.35. The van der Waals surface area contributed by atoms with Crippen molar-refractivity contribution in [1.82, 2.24) is 4.72 Å². The van der Waals surface area contributed by atoms with Gasteiger partial charge in [-0.1, -0.05) is 20.4 Å². The Labute approximate surface area is 110 Å². The van der Waals surface area contributed by atoms with Gasteiger partial charge in [-0.3, -0.25) is 0 Å². The quantitative estimate of drug-likeness (QED) is 0.589. The SMILES string of the molecule is C=C(C)C(=O)OCC(C)(C)C(C)(C)NS(C)(=O)=O. The van der Waals surface area contributed by atoms with E-state index in [1.54, 1.807) is 20.8 Å². The maximum absolute atomic E-state index is 11.3. The first-order chi connectivity index (χ1) is 7.78. The number of carbonyl (C=O) groups excluding carboxylic acids is 1. The van der Waals surface area contributed by atoms with Crippen LogP contribution in [0.5, 0.6) is 0 Å². The Balaban J connectivity index is 4.81. The lowest BCUT2D eigenvalue weighted by molar-refractivity contribution is -0.143. The van der Waals surface area contributed by atoms with Crippen LogP contribution in [0.3, 0.4) is 0 Å². The Morgan fingerprint density at radius 1 is 1.28 bits per heavy atom. The molecule has 1 N–H and O–H groups in total. The summed E-state index contributed by atoms with van der Waals surface area (Å²) >= 11 is 0. The molecule has 0 aliphatic carbocycles. The fourth-order valence-electron chi connectivity index (χ4n) is 1.15. The molecule has 0 atom stereocenters. The molecule has 0 heterocycles.